The molecule has 0 N–H and O–H groups in total. The monoisotopic (exact) mass is 433 g/mol. The number of ether oxygens (including phenoxy) is 3. The first-order chi connectivity index (χ1) is 15.0. The summed E-state index contributed by atoms with van der Waals surface area (Å²) in [5.41, 5.74) is 3.88. The fraction of sp³-hybridized carbons (Fsp3) is 0.120. The molecule has 1 aliphatic heterocycles. The van der Waals surface area contributed by atoms with E-state index in [-0.39, 0.29) is 11.6 Å². The summed E-state index contributed by atoms with van der Waals surface area (Å²) in [5, 5.41) is 0.598. The number of hydrogen-bond acceptors (Lipinski definition) is 5. The Morgan fingerprint density at radius 2 is 1.84 bits per heavy atom. The second kappa shape index (κ2) is 9.06. The maximum Gasteiger partial charge on any atom is 0.363 e. The molecular weight excluding hydrogens is 414 g/mol. The standard InChI is InChI=1S/C25H20ClNO4/c1-16-4-3-5-18(12-16)15-30-22-11-6-17(14-23(22)29-2)13-21-25(28)31-24(27-21)19-7-9-20(26)10-8-19/h3-14H,15H2,1-2H3. The lowest BCUT2D eigenvalue weighted by molar-refractivity contribution is -0.129. The first-order valence-electron chi connectivity index (χ1n) is 9.67. The highest BCUT2D eigenvalue weighted by atomic mass is 35.5. The number of cyclic esters (lactones) is 1. The lowest BCUT2D eigenvalue weighted by atomic mass is 10.1. The summed E-state index contributed by atoms with van der Waals surface area (Å²) in [5.74, 6) is 0.919. The Labute approximate surface area is 185 Å². The van der Waals surface area contributed by atoms with Gasteiger partial charge in [-0.2, -0.15) is 0 Å². The maximum absolute atomic E-state index is 12.3. The number of methoxy groups -OCH3 is 1. The molecule has 5 nitrogen and oxygen atoms in total. The predicted octanol–water partition coefficient (Wildman–Crippen LogP) is 5.58. The zero-order valence-electron chi connectivity index (χ0n) is 17.1. The smallest absolute Gasteiger partial charge is 0.363 e. The summed E-state index contributed by atoms with van der Waals surface area (Å²) in [6.45, 7) is 2.47. The Balaban J connectivity index is 1.53. The van der Waals surface area contributed by atoms with Crippen LogP contribution in [0, 0.1) is 6.92 Å². The summed E-state index contributed by atoms with van der Waals surface area (Å²) < 4.78 is 16.7. The fourth-order valence-corrected chi connectivity index (χ4v) is 3.27. The molecule has 1 aliphatic rings. The number of halogens is 1. The molecule has 0 aromatic heterocycles. The molecule has 0 spiro atoms. The molecule has 0 bridgehead atoms. The predicted molar refractivity (Wildman–Crippen MR) is 121 cm³/mol. The van der Waals surface area contributed by atoms with Crippen molar-refractivity contribution in [2.24, 2.45) is 4.99 Å². The second-order valence-electron chi connectivity index (χ2n) is 7.03. The zero-order valence-corrected chi connectivity index (χ0v) is 17.8. The third-order valence-electron chi connectivity index (χ3n) is 4.68. The van der Waals surface area contributed by atoms with Crippen LogP contribution in [-0.2, 0) is 16.1 Å². The molecule has 0 aliphatic carbocycles. The highest BCUT2D eigenvalue weighted by Gasteiger charge is 2.24. The second-order valence-corrected chi connectivity index (χ2v) is 7.47. The van der Waals surface area contributed by atoms with Crippen LogP contribution < -0.4 is 9.47 Å². The van der Waals surface area contributed by atoms with Crippen LogP contribution in [0.3, 0.4) is 0 Å². The van der Waals surface area contributed by atoms with E-state index in [2.05, 4.69) is 11.1 Å². The normalized spacial score (nSPS) is 14.4. The third-order valence-corrected chi connectivity index (χ3v) is 4.93. The average molecular weight is 434 g/mol. The number of rotatable bonds is 6. The average Bonchev–Trinajstić information content (AvgIpc) is 3.13. The Morgan fingerprint density at radius 3 is 2.58 bits per heavy atom. The van der Waals surface area contributed by atoms with Crippen LogP contribution in [0.2, 0.25) is 5.02 Å². The van der Waals surface area contributed by atoms with Gasteiger partial charge in [0, 0.05) is 10.6 Å². The highest BCUT2D eigenvalue weighted by Crippen LogP contribution is 2.30. The number of esters is 1. The number of nitrogens with zero attached hydrogens (tertiary/aromatic N) is 1. The van der Waals surface area contributed by atoms with Gasteiger partial charge in [-0.3, -0.25) is 0 Å². The first-order valence-corrected chi connectivity index (χ1v) is 10.0. The molecule has 156 valence electrons. The van der Waals surface area contributed by atoms with Gasteiger partial charge in [0.15, 0.2) is 17.2 Å². The Kier molecular flexibility index (Phi) is 6.05. The molecular formula is C25H20ClNO4. The fourth-order valence-electron chi connectivity index (χ4n) is 3.14. The summed E-state index contributed by atoms with van der Waals surface area (Å²) in [7, 11) is 1.58. The van der Waals surface area contributed by atoms with Gasteiger partial charge >= 0.3 is 5.97 Å². The van der Waals surface area contributed by atoms with Crippen molar-refractivity contribution in [1.29, 1.82) is 0 Å². The molecule has 0 fully saturated rings. The summed E-state index contributed by atoms with van der Waals surface area (Å²) in [6.07, 6.45) is 1.65. The van der Waals surface area contributed by atoms with E-state index in [1.165, 1.54) is 5.56 Å². The minimum Gasteiger partial charge on any atom is -0.493 e. The maximum atomic E-state index is 12.3. The third kappa shape index (κ3) is 4.95. The van der Waals surface area contributed by atoms with Gasteiger partial charge in [0.05, 0.1) is 7.11 Å². The Morgan fingerprint density at radius 1 is 1.03 bits per heavy atom. The van der Waals surface area contributed by atoms with Gasteiger partial charge in [0.25, 0.3) is 0 Å². The lowest BCUT2D eigenvalue weighted by Gasteiger charge is -2.12. The van der Waals surface area contributed by atoms with Crippen LogP contribution in [0.15, 0.2) is 77.4 Å². The van der Waals surface area contributed by atoms with Crippen molar-refractivity contribution in [3.63, 3.8) is 0 Å². The molecule has 0 saturated heterocycles. The van der Waals surface area contributed by atoms with E-state index >= 15 is 0 Å². The largest absolute Gasteiger partial charge is 0.493 e. The van der Waals surface area contributed by atoms with Gasteiger partial charge in [-0.05, 0) is 60.5 Å². The topological polar surface area (TPSA) is 57.1 Å². The van der Waals surface area contributed by atoms with Gasteiger partial charge in [-0.15, -0.1) is 0 Å². The number of aliphatic imine (C=N–C) groups is 1. The molecule has 3 aromatic carbocycles. The molecule has 31 heavy (non-hydrogen) atoms. The molecule has 0 radical (unpaired) electrons. The van der Waals surface area contributed by atoms with Crippen molar-refractivity contribution in [3.05, 3.63) is 99.7 Å². The summed E-state index contributed by atoms with van der Waals surface area (Å²) in [6, 6.07) is 20.5. The molecule has 4 rings (SSSR count). The molecule has 0 unspecified atom stereocenters. The van der Waals surface area contributed by atoms with E-state index in [0.29, 0.717) is 28.7 Å². The van der Waals surface area contributed by atoms with Crippen LogP contribution in [0.5, 0.6) is 11.5 Å². The molecule has 0 atom stereocenters. The number of aryl methyl sites for hydroxylation is 1. The molecule has 0 saturated carbocycles. The van der Waals surface area contributed by atoms with E-state index in [1.807, 2.05) is 37.3 Å². The van der Waals surface area contributed by atoms with E-state index in [1.54, 1.807) is 43.5 Å². The van der Waals surface area contributed by atoms with E-state index in [4.69, 9.17) is 25.8 Å². The highest BCUT2D eigenvalue weighted by molar-refractivity contribution is 6.30. The van der Waals surface area contributed by atoms with Gasteiger partial charge < -0.3 is 14.2 Å². The molecule has 1 heterocycles. The van der Waals surface area contributed by atoms with Gasteiger partial charge in [0.1, 0.15) is 6.61 Å². The number of hydrogen-bond donors (Lipinski definition) is 0. The molecule has 3 aromatic rings. The van der Waals surface area contributed by atoms with Crippen LogP contribution in [0.4, 0.5) is 0 Å². The van der Waals surface area contributed by atoms with Crippen LogP contribution in [0.25, 0.3) is 6.08 Å². The van der Waals surface area contributed by atoms with E-state index in [0.717, 1.165) is 11.1 Å². The van der Waals surface area contributed by atoms with Gasteiger partial charge in [-0.25, -0.2) is 9.79 Å². The van der Waals surface area contributed by atoms with Gasteiger partial charge in [0.2, 0.25) is 5.90 Å². The molecule has 6 heteroatoms. The minimum atomic E-state index is -0.510. The summed E-state index contributed by atoms with van der Waals surface area (Å²) >= 11 is 5.91. The number of benzene rings is 3. The lowest BCUT2D eigenvalue weighted by Crippen LogP contribution is -2.05. The summed E-state index contributed by atoms with van der Waals surface area (Å²) in [4.78, 5) is 16.6. The first kappa shape index (κ1) is 20.7. The quantitative estimate of drug-likeness (QED) is 0.376. The minimum absolute atomic E-state index is 0.209. The van der Waals surface area contributed by atoms with Crippen LogP contribution in [-0.4, -0.2) is 19.0 Å². The SMILES string of the molecule is COc1cc(C=C2N=C(c3ccc(Cl)cc3)OC2=O)ccc1OCc1cccc(C)c1. The van der Waals surface area contributed by atoms with Crippen LogP contribution in [0.1, 0.15) is 22.3 Å². The van der Waals surface area contributed by atoms with Crippen molar-refractivity contribution in [2.45, 2.75) is 13.5 Å². The number of carbonyl (C=O) groups excluding carboxylic acids is 1. The van der Waals surface area contributed by atoms with Crippen molar-refractivity contribution < 1.29 is 19.0 Å². The number of carbonyl (C=O) groups is 1. The van der Waals surface area contributed by atoms with Crippen molar-refractivity contribution in [3.8, 4) is 11.5 Å². The van der Waals surface area contributed by atoms with Crippen molar-refractivity contribution in [2.75, 3.05) is 7.11 Å². The van der Waals surface area contributed by atoms with E-state index in [9.17, 15) is 4.79 Å². The van der Waals surface area contributed by atoms with E-state index < -0.39 is 5.97 Å². The van der Waals surface area contributed by atoms with Crippen molar-refractivity contribution in [1.82, 2.24) is 0 Å². The zero-order chi connectivity index (χ0) is 21.8. The van der Waals surface area contributed by atoms with Crippen LogP contribution >= 0.6 is 11.6 Å². The van der Waals surface area contributed by atoms with Crippen molar-refractivity contribution >= 4 is 29.5 Å². The molecule has 0 amide bonds. The Hall–Kier alpha value is -3.57. The van der Waals surface area contributed by atoms with Gasteiger partial charge in [-0.1, -0.05) is 47.5 Å². The Bertz CT molecular complexity index is 1180.